The molecule has 0 aliphatic rings. The van der Waals surface area contributed by atoms with E-state index in [0.717, 1.165) is 6.04 Å². The second kappa shape index (κ2) is 7.19. The van der Waals surface area contributed by atoms with E-state index in [1.165, 1.54) is 10.9 Å². The van der Waals surface area contributed by atoms with Gasteiger partial charge >= 0.3 is 0 Å². The standard InChI is InChI=1S/C12H21ClN2O3Si/c1-19(2,3)7-6-18-9-15-12(17)11(13)10(4-5-16)8-14-15/h8,16H,4-7,9H2,1-3H3. The first kappa shape index (κ1) is 16.4. The topological polar surface area (TPSA) is 64.3 Å². The Balaban J connectivity index is 2.60. The van der Waals surface area contributed by atoms with Gasteiger partial charge in [-0.1, -0.05) is 31.2 Å². The summed E-state index contributed by atoms with van der Waals surface area (Å²) in [5, 5.41) is 12.9. The summed E-state index contributed by atoms with van der Waals surface area (Å²) in [6.45, 7) is 7.48. The fraction of sp³-hybridized carbons (Fsp3) is 0.667. The molecular weight excluding hydrogens is 284 g/mol. The molecule has 0 aliphatic heterocycles. The first-order valence-corrected chi connectivity index (χ1v) is 10.4. The third-order valence-electron chi connectivity index (χ3n) is 2.65. The van der Waals surface area contributed by atoms with Gasteiger partial charge in [0.2, 0.25) is 0 Å². The molecule has 0 fully saturated rings. The zero-order chi connectivity index (χ0) is 14.5. The molecule has 0 radical (unpaired) electrons. The quantitative estimate of drug-likeness (QED) is 0.615. The third-order valence-corrected chi connectivity index (χ3v) is 4.76. The zero-order valence-electron chi connectivity index (χ0n) is 11.6. The Hall–Kier alpha value is -0.693. The van der Waals surface area contributed by atoms with Crippen LogP contribution in [0.15, 0.2) is 11.0 Å². The van der Waals surface area contributed by atoms with Crippen LogP contribution in [0.4, 0.5) is 0 Å². The maximum absolute atomic E-state index is 11.9. The fourth-order valence-corrected chi connectivity index (χ4v) is 2.41. The minimum Gasteiger partial charge on any atom is -0.396 e. The summed E-state index contributed by atoms with van der Waals surface area (Å²) in [4.78, 5) is 11.9. The normalized spacial score (nSPS) is 11.8. The lowest BCUT2D eigenvalue weighted by molar-refractivity contribution is 0.0749. The summed E-state index contributed by atoms with van der Waals surface area (Å²) >= 11 is 5.93. The smallest absolute Gasteiger partial charge is 0.287 e. The SMILES string of the molecule is C[Si](C)(C)CCOCn1ncc(CCO)c(Cl)c1=O. The highest BCUT2D eigenvalue weighted by Gasteiger charge is 2.13. The second-order valence-electron chi connectivity index (χ2n) is 5.61. The number of hydrogen-bond acceptors (Lipinski definition) is 4. The molecule has 1 rings (SSSR count). The van der Waals surface area contributed by atoms with Gasteiger partial charge in [-0.3, -0.25) is 4.79 Å². The van der Waals surface area contributed by atoms with Crippen molar-refractivity contribution in [2.45, 2.75) is 38.8 Å². The summed E-state index contributed by atoms with van der Waals surface area (Å²) in [5.74, 6) is 0. The number of hydrogen-bond donors (Lipinski definition) is 1. The van der Waals surface area contributed by atoms with E-state index < -0.39 is 8.07 Å². The minimum absolute atomic E-state index is 0.0580. The van der Waals surface area contributed by atoms with Crippen molar-refractivity contribution in [3.63, 3.8) is 0 Å². The molecule has 0 amide bonds. The maximum atomic E-state index is 11.9. The van der Waals surface area contributed by atoms with Crippen LogP contribution in [0.2, 0.25) is 30.7 Å². The van der Waals surface area contributed by atoms with Crippen molar-refractivity contribution >= 4 is 19.7 Å². The number of aliphatic hydroxyl groups is 1. The van der Waals surface area contributed by atoms with Crippen LogP contribution in [-0.2, 0) is 17.9 Å². The number of halogens is 1. The van der Waals surface area contributed by atoms with Crippen LogP contribution in [0.1, 0.15) is 5.56 Å². The summed E-state index contributed by atoms with van der Waals surface area (Å²) in [6.07, 6.45) is 1.83. The van der Waals surface area contributed by atoms with Crippen molar-refractivity contribution < 1.29 is 9.84 Å². The van der Waals surface area contributed by atoms with Crippen LogP contribution < -0.4 is 5.56 Å². The van der Waals surface area contributed by atoms with Gasteiger partial charge in [0.1, 0.15) is 11.8 Å². The third kappa shape index (κ3) is 5.44. The lowest BCUT2D eigenvalue weighted by Gasteiger charge is -2.15. The lowest BCUT2D eigenvalue weighted by atomic mass is 10.2. The summed E-state index contributed by atoms with van der Waals surface area (Å²) < 4.78 is 6.66. The van der Waals surface area contributed by atoms with Gasteiger partial charge in [0.05, 0.1) is 6.20 Å². The summed E-state index contributed by atoms with van der Waals surface area (Å²) in [5.41, 5.74) is 0.188. The predicted molar refractivity (Wildman–Crippen MR) is 78.4 cm³/mol. The van der Waals surface area contributed by atoms with E-state index in [1.54, 1.807) is 0 Å². The van der Waals surface area contributed by atoms with Crippen molar-refractivity contribution in [2.24, 2.45) is 0 Å². The van der Waals surface area contributed by atoms with Gasteiger partial charge in [0, 0.05) is 21.3 Å². The number of aliphatic hydroxyl groups excluding tert-OH is 1. The Labute approximate surface area is 119 Å². The molecule has 0 aromatic carbocycles. The number of rotatable bonds is 7. The number of ether oxygens (including phenoxy) is 1. The van der Waals surface area contributed by atoms with Crippen LogP contribution in [0.3, 0.4) is 0 Å². The Bertz CT molecular complexity index is 471. The highest BCUT2D eigenvalue weighted by atomic mass is 35.5. The molecule has 19 heavy (non-hydrogen) atoms. The van der Waals surface area contributed by atoms with Gasteiger partial charge in [0.25, 0.3) is 5.56 Å². The molecule has 0 bridgehead atoms. The van der Waals surface area contributed by atoms with Crippen LogP contribution in [-0.4, -0.2) is 36.2 Å². The van der Waals surface area contributed by atoms with Crippen LogP contribution >= 0.6 is 11.6 Å². The van der Waals surface area contributed by atoms with Gasteiger partial charge in [-0.2, -0.15) is 5.10 Å². The van der Waals surface area contributed by atoms with Crippen LogP contribution in [0.5, 0.6) is 0 Å². The number of aromatic nitrogens is 2. The molecule has 1 aromatic heterocycles. The largest absolute Gasteiger partial charge is 0.396 e. The van der Waals surface area contributed by atoms with E-state index in [9.17, 15) is 4.79 Å². The molecule has 0 aliphatic carbocycles. The highest BCUT2D eigenvalue weighted by molar-refractivity contribution is 6.76. The molecule has 5 nitrogen and oxygen atoms in total. The maximum Gasteiger partial charge on any atom is 0.287 e. The zero-order valence-corrected chi connectivity index (χ0v) is 13.4. The van der Waals surface area contributed by atoms with E-state index in [4.69, 9.17) is 21.4 Å². The lowest BCUT2D eigenvalue weighted by Crippen LogP contribution is -2.27. The van der Waals surface area contributed by atoms with Gasteiger partial charge < -0.3 is 9.84 Å². The first-order valence-electron chi connectivity index (χ1n) is 6.28. The van der Waals surface area contributed by atoms with Crippen LogP contribution in [0, 0.1) is 0 Å². The van der Waals surface area contributed by atoms with E-state index in [0.29, 0.717) is 18.6 Å². The predicted octanol–water partition coefficient (Wildman–Crippen LogP) is 1.74. The fourth-order valence-electron chi connectivity index (χ4n) is 1.42. The second-order valence-corrected chi connectivity index (χ2v) is 11.6. The molecule has 1 N–H and O–H groups in total. The Morgan fingerprint density at radius 2 is 2.16 bits per heavy atom. The highest BCUT2D eigenvalue weighted by Crippen LogP contribution is 2.10. The first-order chi connectivity index (χ1) is 8.85. The Kier molecular flexibility index (Phi) is 6.19. The number of nitrogens with zero attached hydrogens (tertiary/aromatic N) is 2. The van der Waals surface area contributed by atoms with E-state index in [-0.39, 0.29) is 23.9 Å². The Morgan fingerprint density at radius 3 is 2.74 bits per heavy atom. The van der Waals surface area contributed by atoms with Crippen LogP contribution in [0.25, 0.3) is 0 Å². The molecule has 0 spiro atoms. The van der Waals surface area contributed by atoms with Gasteiger partial charge in [-0.15, -0.1) is 0 Å². The average Bonchev–Trinajstić information content (AvgIpc) is 2.32. The van der Waals surface area contributed by atoms with Crippen molar-refractivity contribution in [3.05, 3.63) is 27.1 Å². The van der Waals surface area contributed by atoms with E-state index >= 15 is 0 Å². The van der Waals surface area contributed by atoms with Gasteiger partial charge in [-0.25, -0.2) is 4.68 Å². The summed E-state index contributed by atoms with van der Waals surface area (Å²) in [6, 6.07) is 1.04. The monoisotopic (exact) mass is 304 g/mol. The molecule has 1 heterocycles. The van der Waals surface area contributed by atoms with Crippen molar-refractivity contribution in [1.82, 2.24) is 9.78 Å². The van der Waals surface area contributed by atoms with E-state index in [1.807, 2.05) is 0 Å². The molecule has 7 heteroatoms. The van der Waals surface area contributed by atoms with E-state index in [2.05, 4.69) is 24.7 Å². The molecule has 0 saturated carbocycles. The molecule has 0 unspecified atom stereocenters. The molecule has 108 valence electrons. The molecule has 1 aromatic rings. The van der Waals surface area contributed by atoms with Crippen molar-refractivity contribution in [3.8, 4) is 0 Å². The van der Waals surface area contributed by atoms with Crippen molar-refractivity contribution in [1.29, 1.82) is 0 Å². The Morgan fingerprint density at radius 1 is 1.47 bits per heavy atom. The molecular formula is C12H21ClN2O3Si. The minimum atomic E-state index is -1.13. The molecule has 0 atom stereocenters. The van der Waals surface area contributed by atoms with Crippen molar-refractivity contribution in [2.75, 3.05) is 13.2 Å². The van der Waals surface area contributed by atoms with Gasteiger partial charge in [0.15, 0.2) is 0 Å². The average molecular weight is 305 g/mol. The summed E-state index contributed by atoms with van der Waals surface area (Å²) in [7, 11) is -1.13. The molecule has 0 saturated heterocycles. The van der Waals surface area contributed by atoms with Gasteiger partial charge in [-0.05, 0) is 18.0 Å².